The Morgan fingerprint density at radius 1 is 0.247 bits per heavy atom. The van der Waals surface area contributed by atoms with Crippen molar-refractivity contribution < 1.29 is 0 Å². The molecular formula is C84H55N. The molecule has 85 heavy (non-hydrogen) atoms. The zero-order valence-electron chi connectivity index (χ0n) is 47.5. The number of anilines is 3. The van der Waals surface area contributed by atoms with Crippen molar-refractivity contribution in [3.05, 3.63) is 329 Å². The van der Waals surface area contributed by atoms with Crippen molar-refractivity contribution in [1.29, 1.82) is 0 Å². The van der Waals surface area contributed by atoms with Crippen molar-refractivity contribution in [2.75, 3.05) is 4.90 Å². The van der Waals surface area contributed by atoms with Gasteiger partial charge in [0.1, 0.15) is 0 Å². The van der Waals surface area contributed by atoms with Gasteiger partial charge in [0.15, 0.2) is 0 Å². The maximum atomic E-state index is 2.50. The fourth-order valence-corrected chi connectivity index (χ4v) is 17.1. The molecule has 19 rings (SSSR count). The van der Waals surface area contributed by atoms with Gasteiger partial charge in [-0.05, 0) is 201 Å². The molecule has 0 N–H and O–H groups in total. The smallest absolute Gasteiger partial charge is 0.0737 e. The van der Waals surface area contributed by atoms with Crippen molar-refractivity contribution in [1.82, 2.24) is 0 Å². The molecule has 0 saturated carbocycles. The second-order valence-electron chi connectivity index (χ2n) is 25.3. The van der Waals surface area contributed by atoms with Crippen molar-refractivity contribution >= 4 is 81.7 Å². The average Bonchev–Trinajstić information content (AvgIpc) is 1.52. The Hall–Kier alpha value is -10.3. The number of hydrogen-bond acceptors (Lipinski definition) is 1. The van der Waals surface area contributed by atoms with Crippen LogP contribution in [0.5, 0.6) is 0 Å². The third-order valence-corrected chi connectivity index (χ3v) is 20.3. The average molecular weight is 1080 g/mol. The summed E-state index contributed by atoms with van der Waals surface area (Å²) in [5.41, 5.74) is 25.1. The van der Waals surface area contributed by atoms with E-state index in [1.54, 1.807) is 0 Å². The van der Waals surface area contributed by atoms with Gasteiger partial charge < -0.3 is 4.90 Å². The molecule has 15 aromatic rings. The van der Waals surface area contributed by atoms with Gasteiger partial charge in [-0.3, -0.25) is 0 Å². The van der Waals surface area contributed by atoms with Gasteiger partial charge in [-0.25, -0.2) is 0 Å². The predicted molar refractivity (Wildman–Crippen MR) is 357 cm³/mol. The summed E-state index contributed by atoms with van der Waals surface area (Å²) in [6, 6.07) is 107. The number of hydrogen-bond donors (Lipinski definition) is 0. The summed E-state index contributed by atoms with van der Waals surface area (Å²) < 4.78 is 0. The van der Waals surface area contributed by atoms with E-state index < -0.39 is 10.8 Å². The van der Waals surface area contributed by atoms with E-state index in [1.165, 1.54) is 159 Å². The fraction of sp³-hybridized carbons (Fsp3) is 0.0714. The molecule has 0 heterocycles. The number of benzene rings is 15. The summed E-state index contributed by atoms with van der Waals surface area (Å²) in [5.74, 6) is 0. The Balaban J connectivity index is 0.866. The van der Waals surface area contributed by atoms with E-state index in [-0.39, 0.29) is 5.41 Å². The molecule has 0 unspecified atom stereocenters. The van der Waals surface area contributed by atoms with Crippen LogP contribution in [-0.4, -0.2) is 0 Å². The molecule has 396 valence electrons. The van der Waals surface area contributed by atoms with Crippen molar-refractivity contribution in [2.24, 2.45) is 0 Å². The van der Waals surface area contributed by atoms with Crippen LogP contribution in [0, 0.1) is 0 Å². The van der Waals surface area contributed by atoms with E-state index in [1.807, 2.05) is 0 Å². The standard InChI is InChI=1S/C84H55N/c1-82(2,3)52-38-40-53(41-39-52)85(54-42-46-56-50(48-54)36-44-70-76-66-28-8-4-20-58(66)60-22-6-10-30-68(60)80(76)83(78(56)70)72-32-16-12-24-62(72)63-25-13-17-33-73(63)83)55-43-47-57-51(49-55)37-45-71-77-67-29-9-5-21-59(67)61-23-7-11-31-69(61)81(77)84(79(57)71)74-34-18-14-26-64(74)65-27-15-19-35-75(65)84/h4-49H,1-3H3. The van der Waals surface area contributed by atoms with Crippen LogP contribution in [0.2, 0.25) is 0 Å². The van der Waals surface area contributed by atoms with Gasteiger partial charge in [-0.1, -0.05) is 263 Å². The van der Waals surface area contributed by atoms with Crippen LogP contribution < -0.4 is 4.90 Å². The van der Waals surface area contributed by atoms with Gasteiger partial charge in [0.05, 0.1) is 10.8 Å². The van der Waals surface area contributed by atoms with Gasteiger partial charge in [0.25, 0.3) is 0 Å². The molecule has 0 radical (unpaired) electrons. The Morgan fingerprint density at radius 2 is 0.565 bits per heavy atom. The zero-order valence-corrected chi connectivity index (χ0v) is 47.5. The van der Waals surface area contributed by atoms with Gasteiger partial charge in [0.2, 0.25) is 0 Å². The Morgan fingerprint density at radius 3 is 0.941 bits per heavy atom. The highest BCUT2D eigenvalue weighted by molar-refractivity contribution is 6.23. The largest absolute Gasteiger partial charge is 0.310 e. The van der Waals surface area contributed by atoms with E-state index in [0.29, 0.717) is 0 Å². The highest BCUT2D eigenvalue weighted by Gasteiger charge is 2.55. The second-order valence-corrected chi connectivity index (χ2v) is 25.3. The second kappa shape index (κ2) is 16.7. The monoisotopic (exact) mass is 1080 g/mol. The van der Waals surface area contributed by atoms with Crippen molar-refractivity contribution in [3.8, 4) is 44.5 Å². The fourth-order valence-electron chi connectivity index (χ4n) is 17.1. The lowest BCUT2D eigenvalue weighted by atomic mass is 9.68. The molecular weight excluding hydrogens is 1020 g/mol. The molecule has 4 aliphatic rings. The molecule has 0 aromatic heterocycles. The first kappa shape index (κ1) is 47.2. The minimum Gasteiger partial charge on any atom is -0.310 e. The van der Waals surface area contributed by atoms with Crippen molar-refractivity contribution in [3.63, 3.8) is 0 Å². The quantitative estimate of drug-likeness (QED) is 0.159. The topological polar surface area (TPSA) is 3.24 Å². The lowest BCUT2D eigenvalue weighted by Gasteiger charge is -2.33. The van der Waals surface area contributed by atoms with Gasteiger partial charge in [0, 0.05) is 17.1 Å². The van der Waals surface area contributed by atoms with E-state index in [4.69, 9.17) is 0 Å². The molecule has 0 saturated heterocycles. The maximum Gasteiger partial charge on any atom is 0.0737 e. The Kier molecular flexibility index (Phi) is 9.26. The summed E-state index contributed by atoms with van der Waals surface area (Å²) in [6.45, 7) is 6.91. The molecule has 15 aromatic carbocycles. The van der Waals surface area contributed by atoms with Gasteiger partial charge >= 0.3 is 0 Å². The summed E-state index contributed by atoms with van der Waals surface area (Å²) >= 11 is 0. The molecule has 4 aliphatic carbocycles. The third kappa shape index (κ3) is 5.88. The van der Waals surface area contributed by atoms with Crippen LogP contribution in [0.3, 0.4) is 0 Å². The lowest BCUT2D eigenvalue weighted by molar-refractivity contribution is 0.590. The predicted octanol–water partition coefficient (Wildman–Crippen LogP) is 22.1. The van der Waals surface area contributed by atoms with Crippen LogP contribution in [0.25, 0.3) is 109 Å². The molecule has 0 amide bonds. The van der Waals surface area contributed by atoms with E-state index in [9.17, 15) is 0 Å². The lowest BCUT2D eigenvalue weighted by Crippen LogP contribution is -2.26. The van der Waals surface area contributed by atoms with Crippen LogP contribution >= 0.6 is 0 Å². The molecule has 0 aliphatic heterocycles. The summed E-state index contributed by atoms with van der Waals surface area (Å²) in [6.07, 6.45) is 0. The Labute approximate surface area is 494 Å². The minimum absolute atomic E-state index is 0.000657. The van der Waals surface area contributed by atoms with Crippen LogP contribution in [-0.2, 0) is 16.2 Å². The molecule has 2 spiro atoms. The van der Waals surface area contributed by atoms with Crippen LogP contribution in [0.15, 0.2) is 279 Å². The minimum atomic E-state index is -0.556. The first-order valence-corrected chi connectivity index (χ1v) is 30.2. The van der Waals surface area contributed by atoms with E-state index in [2.05, 4.69) is 305 Å². The first-order valence-electron chi connectivity index (χ1n) is 30.2. The summed E-state index contributed by atoms with van der Waals surface area (Å²) in [7, 11) is 0. The maximum absolute atomic E-state index is 2.50. The molecule has 0 bridgehead atoms. The molecule has 1 nitrogen and oxygen atoms in total. The number of fused-ring (bicyclic) bond motifs is 34. The first-order chi connectivity index (χ1) is 41.8. The molecule has 1 heteroatoms. The zero-order chi connectivity index (χ0) is 56.1. The van der Waals surface area contributed by atoms with E-state index >= 15 is 0 Å². The third-order valence-electron chi connectivity index (χ3n) is 20.3. The number of nitrogens with zero attached hydrogens (tertiary/aromatic N) is 1. The molecule has 0 fully saturated rings. The highest BCUT2D eigenvalue weighted by atomic mass is 15.1. The highest BCUT2D eigenvalue weighted by Crippen LogP contribution is 2.69. The summed E-state index contributed by atoms with van der Waals surface area (Å²) in [4.78, 5) is 2.50. The summed E-state index contributed by atoms with van der Waals surface area (Å²) in [5, 5.41) is 15.4. The normalized spacial score (nSPS) is 14.2. The molecule has 0 atom stereocenters. The Bertz CT molecular complexity index is 5070. The number of rotatable bonds is 3. The van der Waals surface area contributed by atoms with Crippen LogP contribution in [0.4, 0.5) is 17.1 Å². The van der Waals surface area contributed by atoms with Crippen molar-refractivity contribution in [2.45, 2.75) is 37.0 Å². The SMILES string of the molecule is CC(C)(C)c1ccc(N(c2ccc3c4c(ccc3c2)-c2c(c3ccccc3c3ccccc23)C42c3ccccc3-c3ccccc32)c2ccc3c4c(ccc3c2)-c2c(c3ccccc3c3ccccc23)C42c3ccccc3-c3ccccc32)cc1. The van der Waals surface area contributed by atoms with Gasteiger partial charge in [-0.15, -0.1) is 0 Å². The van der Waals surface area contributed by atoms with Crippen LogP contribution in [0.1, 0.15) is 70.8 Å². The van der Waals surface area contributed by atoms with E-state index in [0.717, 1.165) is 17.1 Å². The van der Waals surface area contributed by atoms with Gasteiger partial charge in [-0.2, -0.15) is 0 Å².